The van der Waals surface area contributed by atoms with E-state index in [4.69, 9.17) is 5.11 Å². The lowest BCUT2D eigenvalue weighted by atomic mass is 10.2. The van der Waals surface area contributed by atoms with Crippen molar-refractivity contribution >= 4 is 27.6 Å². The van der Waals surface area contributed by atoms with Crippen molar-refractivity contribution in [2.75, 3.05) is 11.5 Å². The van der Waals surface area contributed by atoms with Crippen LogP contribution in [0.3, 0.4) is 0 Å². The second kappa shape index (κ2) is 6.68. The summed E-state index contributed by atoms with van der Waals surface area (Å²) in [6.07, 6.45) is 4.63. The van der Waals surface area contributed by atoms with Crippen molar-refractivity contribution in [3.05, 3.63) is 48.4 Å². The lowest BCUT2D eigenvalue weighted by Crippen LogP contribution is -2.10. The zero-order valence-corrected chi connectivity index (χ0v) is 12.5. The first-order valence-electron chi connectivity index (χ1n) is 5.94. The highest BCUT2D eigenvalue weighted by atomic mass is 32.2. The molecule has 110 valence electrons. The van der Waals surface area contributed by atoms with Gasteiger partial charge in [-0.15, -0.1) is 11.8 Å². The number of thioether (sulfide) groups is 1. The maximum absolute atomic E-state index is 12.2. The molecule has 0 fully saturated rings. The molecule has 6 nitrogen and oxygen atoms in total. The summed E-state index contributed by atoms with van der Waals surface area (Å²) in [6.45, 7) is 0. The Labute approximate surface area is 126 Å². The number of aromatic carboxylic acids is 1. The number of sulfone groups is 1. The summed E-state index contributed by atoms with van der Waals surface area (Å²) in [6, 6.07) is 5.35. The molecule has 8 heteroatoms. The average molecular weight is 324 g/mol. The smallest absolute Gasteiger partial charge is 0.335 e. The molecule has 0 spiro atoms. The topological polar surface area (TPSA) is 97.2 Å². The molecule has 2 aromatic rings. The van der Waals surface area contributed by atoms with E-state index >= 15 is 0 Å². The third-order valence-electron chi connectivity index (χ3n) is 2.58. The SMILES string of the molecule is O=C(O)c1cccc(S(=O)(=O)CCSc2cnccn2)c1. The zero-order chi connectivity index (χ0) is 15.3. The molecular formula is C13H12N2O4S2. The third-order valence-corrected chi connectivity index (χ3v) is 5.47. The number of rotatable bonds is 6. The first-order chi connectivity index (χ1) is 9.99. The van der Waals surface area contributed by atoms with Crippen LogP contribution in [0.5, 0.6) is 0 Å². The molecule has 0 aliphatic rings. The maximum atomic E-state index is 12.2. The van der Waals surface area contributed by atoms with Crippen LogP contribution in [0.2, 0.25) is 0 Å². The average Bonchev–Trinajstić information content (AvgIpc) is 2.48. The number of hydrogen-bond acceptors (Lipinski definition) is 6. The first kappa shape index (κ1) is 15.5. The van der Waals surface area contributed by atoms with Gasteiger partial charge in [-0.1, -0.05) is 6.07 Å². The maximum Gasteiger partial charge on any atom is 0.335 e. The molecule has 2 rings (SSSR count). The highest BCUT2D eigenvalue weighted by molar-refractivity contribution is 8.00. The van der Waals surface area contributed by atoms with Crippen molar-refractivity contribution < 1.29 is 18.3 Å². The van der Waals surface area contributed by atoms with Gasteiger partial charge in [0.2, 0.25) is 0 Å². The van der Waals surface area contributed by atoms with E-state index in [2.05, 4.69) is 9.97 Å². The van der Waals surface area contributed by atoms with E-state index in [-0.39, 0.29) is 16.2 Å². The Morgan fingerprint density at radius 2 is 2.10 bits per heavy atom. The summed E-state index contributed by atoms with van der Waals surface area (Å²) < 4.78 is 24.3. The fourth-order valence-electron chi connectivity index (χ4n) is 1.56. The number of carboxylic acids is 1. The molecule has 0 unspecified atom stereocenters. The van der Waals surface area contributed by atoms with Crippen LogP contribution in [0.25, 0.3) is 0 Å². The van der Waals surface area contributed by atoms with E-state index in [1.165, 1.54) is 48.4 Å². The van der Waals surface area contributed by atoms with Gasteiger partial charge in [0.05, 0.1) is 22.4 Å². The Kier molecular flexibility index (Phi) is 4.92. The Hall–Kier alpha value is -1.93. The summed E-state index contributed by atoms with van der Waals surface area (Å²) in [7, 11) is -3.52. The van der Waals surface area contributed by atoms with Crippen LogP contribution < -0.4 is 0 Å². The van der Waals surface area contributed by atoms with Gasteiger partial charge in [-0.2, -0.15) is 0 Å². The second-order valence-electron chi connectivity index (χ2n) is 4.04. The predicted octanol–water partition coefficient (Wildman–Crippen LogP) is 1.74. The van der Waals surface area contributed by atoms with Crippen LogP contribution >= 0.6 is 11.8 Å². The summed E-state index contributed by atoms with van der Waals surface area (Å²) in [4.78, 5) is 18.8. The molecule has 1 aromatic carbocycles. The first-order valence-corrected chi connectivity index (χ1v) is 8.58. The van der Waals surface area contributed by atoms with Crippen molar-refractivity contribution in [1.82, 2.24) is 9.97 Å². The molecule has 1 heterocycles. The molecule has 0 aliphatic carbocycles. The number of carbonyl (C=O) groups is 1. The molecule has 0 aliphatic heterocycles. The van der Waals surface area contributed by atoms with Crippen molar-refractivity contribution in [3.63, 3.8) is 0 Å². The lowest BCUT2D eigenvalue weighted by Gasteiger charge is -2.05. The van der Waals surface area contributed by atoms with Crippen LogP contribution in [0, 0.1) is 0 Å². The number of carboxylic acid groups (broad SMARTS) is 1. The molecular weight excluding hydrogens is 312 g/mol. The van der Waals surface area contributed by atoms with E-state index < -0.39 is 15.8 Å². The molecule has 0 radical (unpaired) electrons. The summed E-state index contributed by atoms with van der Waals surface area (Å²) in [5.74, 6) is -0.934. The van der Waals surface area contributed by atoms with E-state index in [1.54, 1.807) is 6.20 Å². The molecule has 0 saturated heterocycles. The minimum Gasteiger partial charge on any atom is -0.478 e. The largest absolute Gasteiger partial charge is 0.478 e. The Bertz CT molecular complexity index is 733. The molecule has 21 heavy (non-hydrogen) atoms. The standard InChI is InChI=1S/C13H12N2O4S2/c16-13(17)10-2-1-3-11(8-10)21(18,19)7-6-20-12-9-14-4-5-15-12/h1-5,8-9H,6-7H2,(H,16,17). The van der Waals surface area contributed by atoms with Crippen molar-refractivity contribution in [2.24, 2.45) is 0 Å². The number of aromatic nitrogens is 2. The Morgan fingerprint density at radius 3 is 2.76 bits per heavy atom. The van der Waals surface area contributed by atoms with Crippen LogP contribution in [-0.2, 0) is 9.84 Å². The number of hydrogen-bond donors (Lipinski definition) is 1. The minimum absolute atomic E-state index is 0.0159. The predicted molar refractivity (Wildman–Crippen MR) is 78.2 cm³/mol. The molecule has 1 N–H and O–H groups in total. The minimum atomic E-state index is -3.52. The van der Waals surface area contributed by atoms with E-state index in [1.807, 2.05) is 0 Å². The lowest BCUT2D eigenvalue weighted by molar-refractivity contribution is 0.0696. The van der Waals surface area contributed by atoms with Crippen molar-refractivity contribution in [3.8, 4) is 0 Å². The van der Waals surface area contributed by atoms with Crippen LogP contribution in [0.1, 0.15) is 10.4 Å². The molecule has 0 amide bonds. The van der Waals surface area contributed by atoms with Gasteiger partial charge in [0.15, 0.2) is 9.84 Å². The van der Waals surface area contributed by atoms with Gasteiger partial charge in [-0.05, 0) is 18.2 Å². The number of benzene rings is 1. The van der Waals surface area contributed by atoms with Gasteiger partial charge in [-0.3, -0.25) is 4.98 Å². The third kappa shape index (κ3) is 4.27. The summed E-state index contributed by atoms with van der Waals surface area (Å²) in [5.41, 5.74) is -0.0438. The fourth-order valence-corrected chi connectivity index (χ4v) is 4.08. The second-order valence-corrected chi connectivity index (χ2v) is 7.27. The Balaban J connectivity index is 2.05. The monoisotopic (exact) mass is 324 g/mol. The van der Waals surface area contributed by atoms with Gasteiger partial charge >= 0.3 is 5.97 Å². The summed E-state index contributed by atoms with van der Waals surface area (Å²) >= 11 is 1.28. The fraction of sp³-hybridized carbons (Fsp3) is 0.154. The van der Waals surface area contributed by atoms with Gasteiger partial charge in [0.25, 0.3) is 0 Å². The molecule has 1 aromatic heterocycles. The van der Waals surface area contributed by atoms with Crippen molar-refractivity contribution in [2.45, 2.75) is 9.92 Å². The molecule has 0 atom stereocenters. The quantitative estimate of drug-likeness (QED) is 0.808. The van der Waals surface area contributed by atoms with E-state index in [9.17, 15) is 13.2 Å². The van der Waals surface area contributed by atoms with Gasteiger partial charge in [0, 0.05) is 18.1 Å². The number of nitrogens with zero attached hydrogens (tertiary/aromatic N) is 2. The normalized spacial score (nSPS) is 11.2. The van der Waals surface area contributed by atoms with Crippen molar-refractivity contribution in [1.29, 1.82) is 0 Å². The highest BCUT2D eigenvalue weighted by Crippen LogP contribution is 2.18. The van der Waals surface area contributed by atoms with E-state index in [0.717, 1.165) is 0 Å². The van der Waals surface area contributed by atoms with Gasteiger partial charge in [0.1, 0.15) is 5.03 Å². The van der Waals surface area contributed by atoms with Crippen LogP contribution in [0.4, 0.5) is 0 Å². The van der Waals surface area contributed by atoms with Crippen LogP contribution in [0.15, 0.2) is 52.8 Å². The Morgan fingerprint density at radius 1 is 1.29 bits per heavy atom. The van der Waals surface area contributed by atoms with Crippen LogP contribution in [-0.4, -0.2) is 41.0 Å². The molecule has 0 bridgehead atoms. The zero-order valence-electron chi connectivity index (χ0n) is 10.8. The van der Waals surface area contributed by atoms with E-state index in [0.29, 0.717) is 10.8 Å². The summed E-state index contributed by atoms with van der Waals surface area (Å²) in [5, 5.41) is 9.53. The highest BCUT2D eigenvalue weighted by Gasteiger charge is 2.16. The van der Waals surface area contributed by atoms with Gasteiger partial charge in [-0.25, -0.2) is 18.2 Å². The van der Waals surface area contributed by atoms with Gasteiger partial charge < -0.3 is 5.11 Å². The molecule has 0 saturated carbocycles.